The number of halogens is 2. The van der Waals surface area contributed by atoms with E-state index in [2.05, 4.69) is 0 Å². The number of hydrogen-bond acceptors (Lipinski definition) is 1. The van der Waals surface area contributed by atoms with Crippen molar-refractivity contribution in [1.29, 1.82) is 0 Å². The van der Waals surface area contributed by atoms with E-state index in [9.17, 15) is 4.79 Å². The highest BCUT2D eigenvalue weighted by Gasteiger charge is 2.29. The number of allylic oxidation sites excluding steroid dienone is 4. The lowest BCUT2D eigenvalue weighted by Crippen LogP contribution is -2.23. The number of carbonyl (C=O) groups is 1. The molecule has 3 heteroatoms. The van der Waals surface area contributed by atoms with Crippen molar-refractivity contribution >= 4 is 29.0 Å². The Hall–Kier alpha value is -0.270. The van der Waals surface area contributed by atoms with Gasteiger partial charge >= 0.3 is 0 Å². The molecule has 0 N–H and O–H groups in total. The second-order valence-corrected chi connectivity index (χ2v) is 4.29. The average Bonchev–Trinajstić information content (AvgIpc) is 1.97. The van der Waals surface area contributed by atoms with E-state index in [1.807, 2.05) is 6.92 Å². The zero-order valence-corrected chi connectivity index (χ0v) is 8.49. The van der Waals surface area contributed by atoms with Crippen LogP contribution in [0.4, 0.5) is 0 Å². The van der Waals surface area contributed by atoms with Gasteiger partial charge in [-0.05, 0) is 25.5 Å². The Morgan fingerprint density at radius 3 is 2.50 bits per heavy atom. The summed E-state index contributed by atoms with van der Waals surface area (Å²) in [6.45, 7) is 3.66. The molecule has 12 heavy (non-hydrogen) atoms. The van der Waals surface area contributed by atoms with E-state index < -0.39 is 10.3 Å². The van der Waals surface area contributed by atoms with E-state index in [0.717, 1.165) is 0 Å². The van der Waals surface area contributed by atoms with Crippen LogP contribution in [0.1, 0.15) is 13.8 Å². The summed E-state index contributed by atoms with van der Waals surface area (Å²) < 4.78 is 0. The van der Waals surface area contributed by atoms with Gasteiger partial charge < -0.3 is 0 Å². The van der Waals surface area contributed by atoms with Crippen LogP contribution in [0.3, 0.4) is 0 Å². The minimum absolute atomic E-state index is 0.0291. The minimum Gasteiger partial charge on any atom is -0.290 e. The lowest BCUT2D eigenvalue weighted by atomic mass is 9.85. The van der Waals surface area contributed by atoms with Crippen LogP contribution in [-0.2, 0) is 4.79 Å². The van der Waals surface area contributed by atoms with Gasteiger partial charge in [-0.1, -0.05) is 12.2 Å². The summed E-state index contributed by atoms with van der Waals surface area (Å²) in [5.41, 5.74) is 0.299. The zero-order chi connectivity index (χ0) is 9.35. The molecule has 0 aromatic rings. The van der Waals surface area contributed by atoms with Gasteiger partial charge in [0.1, 0.15) is 4.84 Å². The molecule has 1 nitrogen and oxygen atoms in total. The number of carbonyl (C=O) groups excluding carboxylic acids is 1. The first-order chi connectivity index (χ1) is 5.46. The lowest BCUT2D eigenvalue weighted by molar-refractivity contribution is -0.111. The molecule has 0 radical (unpaired) electrons. The molecule has 0 aromatic carbocycles. The van der Waals surface area contributed by atoms with Gasteiger partial charge in [-0.15, -0.1) is 23.2 Å². The van der Waals surface area contributed by atoms with Gasteiger partial charge in [-0.3, -0.25) is 4.79 Å². The molecule has 0 aromatic heterocycles. The maximum atomic E-state index is 11.1. The van der Waals surface area contributed by atoms with Crippen molar-refractivity contribution in [2.24, 2.45) is 5.41 Å². The third kappa shape index (κ3) is 1.73. The smallest absolute Gasteiger partial charge is 0.180 e. The SMILES string of the molecule is CC1=C[C@](C)(C(Cl)Cl)C=CC1=O. The molecular formula is C9H10Cl2O. The van der Waals surface area contributed by atoms with Gasteiger partial charge in [-0.2, -0.15) is 0 Å². The monoisotopic (exact) mass is 204 g/mol. The molecule has 0 aliphatic heterocycles. The summed E-state index contributed by atoms with van der Waals surface area (Å²) in [7, 11) is 0. The molecule has 0 saturated heterocycles. The van der Waals surface area contributed by atoms with E-state index in [4.69, 9.17) is 23.2 Å². The molecule has 0 bridgehead atoms. The molecule has 0 heterocycles. The average molecular weight is 205 g/mol. The second-order valence-electron chi connectivity index (χ2n) is 3.19. The molecule has 0 fully saturated rings. The standard InChI is InChI=1S/C9H10Cl2O/c1-6-5-9(2,8(10)11)4-3-7(6)12/h3-5,8H,1-2H3/t9-/m1/s1. The van der Waals surface area contributed by atoms with Gasteiger partial charge in [0.15, 0.2) is 5.78 Å². The van der Waals surface area contributed by atoms with Crippen molar-refractivity contribution in [3.05, 3.63) is 23.8 Å². The molecule has 66 valence electrons. The largest absolute Gasteiger partial charge is 0.290 e. The van der Waals surface area contributed by atoms with Crippen molar-refractivity contribution in [2.45, 2.75) is 18.7 Å². The first kappa shape index (κ1) is 9.82. The molecule has 0 amide bonds. The van der Waals surface area contributed by atoms with E-state index in [0.29, 0.717) is 5.57 Å². The van der Waals surface area contributed by atoms with Gasteiger partial charge in [0, 0.05) is 5.41 Å². The number of ketones is 1. The highest BCUT2D eigenvalue weighted by atomic mass is 35.5. The van der Waals surface area contributed by atoms with Crippen LogP contribution in [0.5, 0.6) is 0 Å². The Morgan fingerprint density at radius 1 is 1.50 bits per heavy atom. The maximum Gasteiger partial charge on any atom is 0.180 e. The lowest BCUT2D eigenvalue weighted by Gasteiger charge is -2.26. The van der Waals surface area contributed by atoms with Crippen molar-refractivity contribution in [3.8, 4) is 0 Å². The van der Waals surface area contributed by atoms with Crippen LogP contribution < -0.4 is 0 Å². The summed E-state index contributed by atoms with van der Waals surface area (Å²) in [5.74, 6) is 0.0291. The fourth-order valence-electron chi connectivity index (χ4n) is 1.11. The number of hydrogen-bond donors (Lipinski definition) is 0. The summed E-state index contributed by atoms with van der Waals surface area (Å²) in [6.07, 6.45) is 5.07. The molecular weight excluding hydrogens is 195 g/mol. The Bertz CT molecular complexity index is 266. The Morgan fingerprint density at radius 2 is 2.08 bits per heavy atom. The summed E-state index contributed by atoms with van der Waals surface area (Å²) in [6, 6.07) is 0. The van der Waals surface area contributed by atoms with Crippen LogP contribution in [0.25, 0.3) is 0 Å². The Balaban J connectivity index is 2.99. The van der Waals surface area contributed by atoms with Crippen molar-refractivity contribution in [1.82, 2.24) is 0 Å². The van der Waals surface area contributed by atoms with Crippen LogP contribution >= 0.6 is 23.2 Å². The zero-order valence-electron chi connectivity index (χ0n) is 6.97. The van der Waals surface area contributed by atoms with Crippen LogP contribution in [0.2, 0.25) is 0 Å². The normalized spacial score (nSPS) is 29.4. The van der Waals surface area contributed by atoms with E-state index in [1.165, 1.54) is 6.08 Å². The molecule has 0 spiro atoms. The third-order valence-electron chi connectivity index (χ3n) is 1.98. The topological polar surface area (TPSA) is 17.1 Å². The molecule has 0 saturated carbocycles. The fraction of sp³-hybridized carbons (Fsp3) is 0.444. The first-order valence-electron chi connectivity index (χ1n) is 3.67. The predicted molar refractivity (Wildman–Crippen MR) is 51.5 cm³/mol. The highest BCUT2D eigenvalue weighted by molar-refractivity contribution is 6.45. The number of alkyl halides is 2. The van der Waals surface area contributed by atoms with E-state index in [-0.39, 0.29) is 5.78 Å². The van der Waals surface area contributed by atoms with Crippen LogP contribution in [0.15, 0.2) is 23.8 Å². The molecule has 1 rings (SSSR count). The van der Waals surface area contributed by atoms with Gasteiger partial charge in [0.25, 0.3) is 0 Å². The van der Waals surface area contributed by atoms with Crippen molar-refractivity contribution in [3.63, 3.8) is 0 Å². The predicted octanol–water partition coefficient (Wildman–Crippen LogP) is 2.88. The van der Waals surface area contributed by atoms with E-state index in [1.54, 1.807) is 19.1 Å². The molecule has 1 aliphatic rings. The highest BCUT2D eigenvalue weighted by Crippen LogP contribution is 2.35. The Labute approximate surface area is 82.0 Å². The molecule has 1 aliphatic carbocycles. The Kier molecular flexibility index (Phi) is 2.64. The van der Waals surface area contributed by atoms with Crippen LogP contribution in [-0.4, -0.2) is 10.6 Å². The van der Waals surface area contributed by atoms with Crippen LogP contribution in [0, 0.1) is 5.41 Å². The maximum absolute atomic E-state index is 11.1. The third-order valence-corrected chi connectivity index (χ3v) is 2.92. The van der Waals surface area contributed by atoms with Gasteiger partial charge in [-0.25, -0.2) is 0 Å². The fourth-order valence-corrected chi connectivity index (χ4v) is 1.38. The van der Waals surface area contributed by atoms with Crippen molar-refractivity contribution in [2.75, 3.05) is 0 Å². The first-order valence-corrected chi connectivity index (χ1v) is 4.54. The van der Waals surface area contributed by atoms with E-state index >= 15 is 0 Å². The summed E-state index contributed by atoms with van der Waals surface area (Å²) >= 11 is 11.5. The second kappa shape index (κ2) is 3.23. The quantitative estimate of drug-likeness (QED) is 0.601. The molecule has 1 atom stereocenters. The van der Waals surface area contributed by atoms with Gasteiger partial charge in [0.2, 0.25) is 0 Å². The minimum atomic E-state index is -0.517. The summed E-state index contributed by atoms with van der Waals surface area (Å²) in [5, 5.41) is 0. The van der Waals surface area contributed by atoms with Gasteiger partial charge in [0.05, 0.1) is 0 Å². The molecule has 0 unspecified atom stereocenters. The number of rotatable bonds is 1. The summed E-state index contributed by atoms with van der Waals surface area (Å²) in [4.78, 5) is 10.5. The van der Waals surface area contributed by atoms with Crippen molar-refractivity contribution < 1.29 is 4.79 Å².